The molecule has 0 aromatic carbocycles. The fraction of sp³-hybridized carbons (Fsp3) is 0.889. The summed E-state index contributed by atoms with van der Waals surface area (Å²) in [5.41, 5.74) is 0.135. The van der Waals surface area contributed by atoms with E-state index in [0.717, 1.165) is 12.8 Å². The van der Waals surface area contributed by atoms with E-state index in [1.807, 2.05) is 20.7 Å². The first-order chi connectivity index (χ1) is 5.04. The normalized spacial score (nSPS) is 11.3. The lowest BCUT2D eigenvalue weighted by atomic mass is 9.63. The molecule has 0 aliphatic carbocycles. The number of carbonyl (C=O) groups excluding carboxylic acids is 1. The van der Waals surface area contributed by atoms with E-state index in [9.17, 15) is 4.79 Å². The minimum atomic E-state index is -0.134. The third kappa shape index (κ3) is 3.59. The van der Waals surface area contributed by atoms with Gasteiger partial charge in [-0.2, -0.15) is 0 Å². The van der Waals surface area contributed by atoms with Gasteiger partial charge in [-0.05, 0) is 6.42 Å². The molecule has 0 aromatic heterocycles. The lowest BCUT2D eigenvalue weighted by Gasteiger charge is -2.21. The Hall–Kier alpha value is -0.265. The van der Waals surface area contributed by atoms with Crippen molar-refractivity contribution in [3.63, 3.8) is 0 Å². The predicted molar refractivity (Wildman–Crippen MR) is 49.9 cm³/mol. The molecule has 0 rings (SSSR count). The zero-order valence-corrected chi connectivity index (χ0v) is 8.11. The maximum atomic E-state index is 11.3. The monoisotopic (exact) mass is 153 g/mol. The van der Waals surface area contributed by atoms with Crippen LogP contribution in [0.3, 0.4) is 0 Å². The minimum Gasteiger partial charge on any atom is -0.311 e. The quantitative estimate of drug-likeness (QED) is 0.554. The Kier molecular flexibility index (Phi) is 4.47. The van der Waals surface area contributed by atoms with Gasteiger partial charge in [0.15, 0.2) is 7.28 Å². The van der Waals surface area contributed by atoms with Crippen molar-refractivity contribution in [3.05, 3.63) is 0 Å². The molecule has 0 aliphatic heterocycles. The molecular formula is C9H18BO. The Morgan fingerprint density at radius 1 is 1.45 bits per heavy atom. The van der Waals surface area contributed by atoms with E-state index in [2.05, 4.69) is 6.92 Å². The fourth-order valence-electron chi connectivity index (χ4n) is 1.13. The molecule has 1 radical (unpaired) electrons. The van der Waals surface area contributed by atoms with Crippen LogP contribution in [0, 0.1) is 5.41 Å². The summed E-state index contributed by atoms with van der Waals surface area (Å²) >= 11 is 0. The first-order valence-corrected chi connectivity index (χ1v) is 4.38. The molecule has 11 heavy (non-hydrogen) atoms. The highest BCUT2D eigenvalue weighted by atomic mass is 16.1. The van der Waals surface area contributed by atoms with Crippen LogP contribution in [0.2, 0.25) is 6.82 Å². The third-order valence-corrected chi connectivity index (χ3v) is 2.08. The Balaban J connectivity index is 3.88. The molecule has 0 N–H and O–H groups in total. The summed E-state index contributed by atoms with van der Waals surface area (Å²) in [5.74, 6) is 0. The standard InChI is InChI=1S/C9H18BO/c1-5-6-7-9(2,3)8(11)10-4/h5-7H2,1-4H3. The van der Waals surface area contributed by atoms with E-state index in [4.69, 9.17) is 0 Å². The highest BCUT2D eigenvalue weighted by molar-refractivity contribution is 6.73. The molecule has 2 heteroatoms. The van der Waals surface area contributed by atoms with Crippen LogP contribution in [0.25, 0.3) is 0 Å². The van der Waals surface area contributed by atoms with Gasteiger partial charge in [-0.25, -0.2) is 0 Å². The van der Waals surface area contributed by atoms with Crippen molar-refractivity contribution in [2.75, 3.05) is 0 Å². The molecule has 0 saturated carbocycles. The summed E-state index contributed by atoms with van der Waals surface area (Å²) in [6.07, 6.45) is 3.32. The summed E-state index contributed by atoms with van der Waals surface area (Å²) in [4.78, 5) is 11.3. The van der Waals surface area contributed by atoms with Gasteiger partial charge < -0.3 is 4.79 Å². The van der Waals surface area contributed by atoms with E-state index in [-0.39, 0.29) is 11.1 Å². The minimum absolute atomic E-state index is 0.134. The molecule has 0 aliphatic rings. The first kappa shape index (κ1) is 10.7. The molecule has 0 saturated heterocycles. The van der Waals surface area contributed by atoms with Crippen molar-refractivity contribution in [2.24, 2.45) is 5.41 Å². The second kappa shape index (κ2) is 4.58. The summed E-state index contributed by atoms with van der Waals surface area (Å²) in [5, 5.41) is 0. The number of hydrogen-bond donors (Lipinski definition) is 0. The average molecular weight is 153 g/mol. The lowest BCUT2D eigenvalue weighted by Crippen LogP contribution is -2.27. The molecule has 0 fully saturated rings. The van der Waals surface area contributed by atoms with Gasteiger partial charge in [0.1, 0.15) is 0 Å². The molecule has 1 nitrogen and oxygen atoms in total. The highest BCUT2D eigenvalue weighted by Crippen LogP contribution is 2.23. The van der Waals surface area contributed by atoms with Gasteiger partial charge in [0.05, 0.1) is 5.68 Å². The molecule has 63 valence electrons. The van der Waals surface area contributed by atoms with Crippen LogP contribution in [-0.2, 0) is 4.79 Å². The smallest absolute Gasteiger partial charge is 0.199 e. The Labute approximate surface area is 70.8 Å². The molecular weight excluding hydrogens is 135 g/mol. The van der Waals surface area contributed by atoms with Crippen molar-refractivity contribution in [1.29, 1.82) is 0 Å². The van der Waals surface area contributed by atoms with Crippen molar-refractivity contribution in [2.45, 2.75) is 46.9 Å². The molecule has 0 heterocycles. The summed E-state index contributed by atoms with van der Waals surface area (Å²) < 4.78 is 0. The SMILES string of the molecule is C[B]C(=O)C(C)(C)CCCC. The molecule has 0 bridgehead atoms. The van der Waals surface area contributed by atoms with Crippen LogP contribution in [0.15, 0.2) is 0 Å². The highest BCUT2D eigenvalue weighted by Gasteiger charge is 2.24. The number of carbonyl (C=O) groups is 1. The zero-order chi connectivity index (χ0) is 8.91. The lowest BCUT2D eigenvalue weighted by molar-refractivity contribution is -0.119. The summed E-state index contributed by atoms with van der Waals surface area (Å²) in [6, 6.07) is 0. The van der Waals surface area contributed by atoms with Crippen molar-refractivity contribution >= 4 is 13.0 Å². The Morgan fingerprint density at radius 3 is 2.36 bits per heavy atom. The average Bonchev–Trinajstić information content (AvgIpc) is 1.99. The van der Waals surface area contributed by atoms with Gasteiger partial charge in [0.25, 0.3) is 0 Å². The topological polar surface area (TPSA) is 17.1 Å². The zero-order valence-electron chi connectivity index (χ0n) is 8.11. The largest absolute Gasteiger partial charge is 0.311 e. The van der Waals surface area contributed by atoms with Crippen LogP contribution in [0.4, 0.5) is 0 Å². The van der Waals surface area contributed by atoms with Gasteiger partial charge >= 0.3 is 0 Å². The molecule has 0 atom stereocenters. The van der Waals surface area contributed by atoms with Crippen molar-refractivity contribution < 1.29 is 4.79 Å². The molecule has 0 unspecified atom stereocenters. The summed E-state index contributed by atoms with van der Waals surface area (Å²) in [7, 11) is 1.68. The Bertz CT molecular complexity index is 130. The number of unbranched alkanes of at least 4 members (excludes halogenated alkanes) is 1. The second-order valence-electron chi connectivity index (χ2n) is 3.64. The van der Waals surface area contributed by atoms with E-state index >= 15 is 0 Å². The van der Waals surface area contributed by atoms with Crippen molar-refractivity contribution in [3.8, 4) is 0 Å². The maximum absolute atomic E-state index is 11.3. The van der Waals surface area contributed by atoms with Gasteiger partial charge in [-0.1, -0.05) is 40.4 Å². The fourth-order valence-corrected chi connectivity index (χ4v) is 1.13. The van der Waals surface area contributed by atoms with Gasteiger partial charge in [-0.3, -0.25) is 0 Å². The maximum Gasteiger partial charge on any atom is 0.199 e. The molecule has 0 amide bonds. The third-order valence-electron chi connectivity index (χ3n) is 2.08. The molecule has 0 aromatic rings. The van der Waals surface area contributed by atoms with Crippen LogP contribution < -0.4 is 0 Å². The van der Waals surface area contributed by atoms with Crippen LogP contribution in [-0.4, -0.2) is 13.0 Å². The number of rotatable bonds is 5. The predicted octanol–water partition coefficient (Wildman–Crippen LogP) is 2.48. The van der Waals surface area contributed by atoms with Crippen molar-refractivity contribution in [1.82, 2.24) is 0 Å². The van der Waals surface area contributed by atoms with Crippen LogP contribution >= 0.6 is 0 Å². The van der Waals surface area contributed by atoms with Crippen LogP contribution in [0.5, 0.6) is 0 Å². The van der Waals surface area contributed by atoms with E-state index < -0.39 is 0 Å². The number of hydrogen-bond acceptors (Lipinski definition) is 1. The van der Waals surface area contributed by atoms with Gasteiger partial charge in [0.2, 0.25) is 0 Å². The van der Waals surface area contributed by atoms with E-state index in [1.54, 1.807) is 7.28 Å². The van der Waals surface area contributed by atoms with Gasteiger partial charge in [-0.15, -0.1) is 0 Å². The first-order valence-electron chi connectivity index (χ1n) is 4.38. The van der Waals surface area contributed by atoms with Gasteiger partial charge in [0, 0.05) is 5.41 Å². The van der Waals surface area contributed by atoms with E-state index in [1.165, 1.54) is 6.42 Å². The summed E-state index contributed by atoms with van der Waals surface area (Å²) in [6.45, 7) is 8.00. The Morgan fingerprint density at radius 2 is 2.00 bits per heavy atom. The van der Waals surface area contributed by atoms with E-state index in [0.29, 0.717) is 0 Å². The molecule has 0 spiro atoms. The second-order valence-corrected chi connectivity index (χ2v) is 3.64. The van der Waals surface area contributed by atoms with Crippen LogP contribution in [0.1, 0.15) is 40.0 Å².